The number of hydrogen-bond donors (Lipinski definition) is 0. The van der Waals surface area contributed by atoms with E-state index in [-0.39, 0.29) is 32.2 Å². The average Bonchev–Trinajstić information content (AvgIpc) is 3.06. The highest BCUT2D eigenvalue weighted by atomic mass is 16.7. The van der Waals surface area contributed by atoms with Gasteiger partial charge >= 0.3 is 11.9 Å². The van der Waals surface area contributed by atoms with Crippen LogP contribution >= 0.6 is 0 Å². The van der Waals surface area contributed by atoms with Crippen molar-refractivity contribution in [3.8, 4) is 0 Å². The van der Waals surface area contributed by atoms with Crippen molar-refractivity contribution in [3.05, 3.63) is 0 Å². The van der Waals surface area contributed by atoms with Crippen molar-refractivity contribution >= 4 is 17.9 Å². The summed E-state index contributed by atoms with van der Waals surface area (Å²) >= 11 is 0. The second-order valence-corrected chi connectivity index (χ2v) is 15.3. The zero-order valence-electron chi connectivity index (χ0n) is 33.3. The van der Waals surface area contributed by atoms with Gasteiger partial charge in [-0.1, -0.05) is 162 Å². The van der Waals surface area contributed by atoms with Gasteiger partial charge in [-0.2, -0.15) is 0 Å². The van der Waals surface area contributed by atoms with E-state index in [1.807, 2.05) is 21.1 Å². The first-order valence-electron chi connectivity index (χ1n) is 20.7. The molecule has 0 aliphatic heterocycles. The summed E-state index contributed by atoms with van der Waals surface area (Å²) < 4.78 is 22.4. The number of ether oxygens (including phenoxy) is 4. The number of hydrogen-bond acceptors (Lipinski definition) is 8. The molecule has 9 heteroatoms. The minimum atomic E-state index is -1.61. The zero-order chi connectivity index (χ0) is 37.1. The molecular formula is C41H79NO8. The lowest BCUT2D eigenvalue weighted by molar-refractivity contribution is -0.870. The number of nitrogens with zero attached hydrogens (tertiary/aromatic N) is 1. The Morgan fingerprint density at radius 2 is 0.900 bits per heavy atom. The molecule has 2 unspecified atom stereocenters. The first-order chi connectivity index (χ1) is 24.1. The van der Waals surface area contributed by atoms with E-state index in [9.17, 15) is 19.5 Å². The third-order valence-electron chi connectivity index (χ3n) is 9.10. The highest BCUT2D eigenvalue weighted by molar-refractivity contribution is 5.70. The van der Waals surface area contributed by atoms with Gasteiger partial charge in [-0.15, -0.1) is 0 Å². The first kappa shape index (κ1) is 48.3. The van der Waals surface area contributed by atoms with Crippen LogP contribution in [0.5, 0.6) is 0 Å². The Labute approximate surface area is 307 Å². The molecule has 296 valence electrons. The molecule has 9 nitrogen and oxygen atoms in total. The molecule has 0 fully saturated rings. The van der Waals surface area contributed by atoms with Crippen LogP contribution in [0.2, 0.25) is 0 Å². The van der Waals surface area contributed by atoms with Crippen LogP contribution in [0.25, 0.3) is 0 Å². The Hall–Kier alpha value is -1.71. The lowest BCUT2D eigenvalue weighted by Gasteiger charge is -2.26. The SMILES string of the molecule is CCCCCCCCCCCCCCCCCCCC(=O)OC(COC(=O)CCCCCCCCCC)COC(OCC[N+](C)(C)C)C(=O)[O-]. The fraction of sp³-hybridized carbons (Fsp3) is 0.927. The van der Waals surface area contributed by atoms with E-state index in [0.29, 0.717) is 17.4 Å². The molecule has 0 aliphatic carbocycles. The summed E-state index contributed by atoms with van der Waals surface area (Å²) in [5.41, 5.74) is 0. The van der Waals surface area contributed by atoms with Gasteiger partial charge in [-0.3, -0.25) is 9.59 Å². The Morgan fingerprint density at radius 3 is 1.28 bits per heavy atom. The van der Waals surface area contributed by atoms with Crippen LogP contribution in [0.3, 0.4) is 0 Å². The number of likely N-dealkylation sites (N-methyl/N-ethyl adjacent to an activating group) is 1. The van der Waals surface area contributed by atoms with Gasteiger partial charge in [0.1, 0.15) is 13.2 Å². The van der Waals surface area contributed by atoms with Crippen molar-refractivity contribution in [2.75, 3.05) is 47.5 Å². The number of aliphatic carboxylic acids is 1. The number of esters is 2. The van der Waals surface area contributed by atoms with Gasteiger partial charge in [0, 0.05) is 12.8 Å². The Morgan fingerprint density at radius 1 is 0.520 bits per heavy atom. The maximum absolute atomic E-state index is 12.7. The van der Waals surface area contributed by atoms with Gasteiger partial charge in [0.15, 0.2) is 12.4 Å². The lowest BCUT2D eigenvalue weighted by atomic mass is 10.0. The molecule has 0 bridgehead atoms. The summed E-state index contributed by atoms with van der Waals surface area (Å²) in [6.07, 6.45) is 28.6. The zero-order valence-corrected chi connectivity index (χ0v) is 33.3. The van der Waals surface area contributed by atoms with E-state index in [4.69, 9.17) is 18.9 Å². The predicted octanol–water partition coefficient (Wildman–Crippen LogP) is 8.83. The molecule has 0 spiro atoms. The summed E-state index contributed by atoms with van der Waals surface area (Å²) in [6.45, 7) is 4.72. The fourth-order valence-electron chi connectivity index (χ4n) is 5.83. The van der Waals surface area contributed by atoms with Gasteiger partial charge in [0.05, 0.1) is 40.3 Å². The van der Waals surface area contributed by atoms with Crippen LogP contribution in [-0.4, -0.2) is 82.3 Å². The van der Waals surface area contributed by atoms with E-state index in [2.05, 4.69) is 13.8 Å². The van der Waals surface area contributed by atoms with Gasteiger partial charge in [-0.05, 0) is 12.8 Å². The molecule has 0 radical (unpaired) electrons. The third-order valence-corrected chi connectivity index (χ3v) is 9.10. The Balaban J connectivity index is 4.38. The second-order valence-electron chi connectivity index (χ2n) is 15.3. The number of quaternary nitrogens is 1. The Kier molecular flexibility index (Phi) is 33.2. The quantitative estimate of drug-likeness (QED) is 0.0270. The van der Waals surface area contributed by atoms with Gasteiger partial charge < -0.3 is 33.3 Å². The van der Waals surface area contributed by atoms with Crippen LogP contribution in [0, 0.1) is 0 Å². The molecule has 0 saturated heterocycles. The molecule has 0 rings (SSSR count). The van der Waals surface area contributed by atoms with Crippen molar-refractivity contribution in [1.29, 1.82) is 0 Å². The number of carboxylic acid groups (broad SMARTS) is 1. The van der Waals surface area contributed by atoms with E-state index in [1.54, 1.807) is 0 Å². The number of carbonyl (C=O) groups is 3. The summed E-state index contributed by atoms with van der Waals surface area (Å²) in [6, 6.07) is 0. The molecular weight excluding hydrogens is 634 g/mol. The van der Waals surface area contributed by atoms with E-state index in [0.717, 1.165) is 38.5 Å². The smallest absolute Gasteiger partial charge is 0.306 e. The molecule has 0 aromatic heterocycles. The van der Waals surface area contributed by atoms with Crippen molar-refractivity contribution < 1.29 is 42.9 Å². The van der Waals surface area contributed by atoms with Crippen LogP contribution in [0.1, 0.15) is 187 Å². The number of unbranched alkanes of at least 4 members (excludes halogenated alkanes) is 23. The highest BCUT2D eigenvalue weighted by Crippen LogP contribution is 2.15. The molecule has 0 N–H and O–H groups in total. The summed E-state index contributed by atoms with van der Waals surface area (Å²) in [5.74, 6) is -2.28. The highest BCUT2D eigenvalue weighted by Gasteiger charge is 2.21. The molecule has 2 atom stereocenters. The van der Waals surface area contributed by atoms with Crippen LogP contribution in [-0.2, 0) is 33.3 Å². The molecule has 50 heavy (non-hydrogen) atoms. The largest absolute Gasteiger partial charge is 0.545 e. The minimum Gasteiger partial charge on any atom is -0.545 e. The number of carboxylic acids is 1. The maximum Gasteiger partial charge on any atom is 0.306 e. The molecule has 0 saturated carbocycles. The van der Waals surface area contributed by atoms with E-state index < -0.39 is 24.3 Å². The van der Waals surface area contributed by atoms with Gasteiger partial charge in [0.25, 0.3) is 0 Å². The average molecular weight is 714 g/mol. The molecule has 0 aromatic carbocycles. The van der Waals surface area contributed by atoms with Crippen molar-refractivity contribution in [2.24, 2.45) is 0 Å². The third kappa shape index (κ3) is 34.7. The second kappa shape index (κ2) is 34.4. The lowest BCUT2D eigenvalue weighted by Crippen LogP contribution is -2.44. The predicted molar refractivity (Wildman–Crippen MR) is 200 cm³/mol. The van der Waals surface area contributed by atoms with Crippen LogP contribution in [0.15, 0.2) is 0 Å². The van der Waals surface area contributed by atoms with Crippen LogP contribution < -0.4 is 5.11 Å². The number of rotatable bonds is 38. The van der Waals surface area contributed by atoms with Crippen LogP contribution in [0.4, 0.5) is 0 Å². The molecule has 0 aliphatic rings. The van der Waals surface area contributed by atoms with Gasteiger partial charge in [-0.25, -0.2) is 0 Å². The molecule has 0 amide bonds. The summed E-state index contributed by atoms with van der Waals surface area (Å²) in [5, 5.41) is 11.6. The molecule has 0 heterocycles. The molecule has 0 aromatic rings. The minimum absolute atomic E-state index is 0.152. The van der Waals surface area contributed by atoms with E-state index in [1.165, 1.54) is 122 Å². The standard InChI is InChI=1S/C41H79NO8/c1-6-8-10-12-14-16-17-18-19-20-21-22-23-24-26-28-30-32-39(44)50-37(36-49-41(40(45)46)47-34-33-42(3,4)5)35-48-38(43)31-29-27-25-15-13-11-9-7-2/h37,41H,6-36H2,1-5H3. The number of carbonyl (C=O) groups excluding carboxylic acids is 3. The summed E-state index contributed by atoms with van der Waals surface area (Å²) in [7, 11) is 5.90. The van der Waals surface area contributed by atoms with Gasteiger partial charge in [0.2, 0.25) is 0 Å². The Bertz CT molecular complexity index is 800. The van der Waals surface area contributed by atoms with Crippen molar-refractivity contribution in [1.82, 2.24) is 0 Å². The van der Waals surface area contributed by atoms with E-state index >= 15 is 0 Å². The summed E-state index contributed by atoms with van der Waals surface area (Å²) in [4.78, 5) is 36.7. The first-order valence-corrected chi connectivity index (χ1v) is 20.7. The normalized spacial score (nSPS) is 12.9. The fourth-order valence-corrected chi connectivity index (χ4v) is 5.83. The van der Waals surface area contributed by atoms with Crippen molar-refractivity contribution in [3.63, 3.8) is 0 Å². The maximum atomic E-state index is 12.7. The topological polar surface area (TPSA) is 111 Å². The monoisotopic (exact) mass is 714 g/mol. The van der Waals surface area contributed by atoms with Crippen molar-refractivity contribution in [2.45, 2.75) is 200 Å².